The lowest BCUT2D eigenvalue weighted by Crippen LogP contribution is -2.40. The van der Waals surface area contributed by atoms with Crippen LogP contribution < -0.4 is 10.1 Å². The zero-order valence-electron chi connectivity index (χ0n) is 19.1. The Labute approximate surface area is 198 Å². The van der Waals surface area contributed by atoms with Crippen molar-refractivity contribution in [1.29, 1.82) is 0 Å². The molecular formula is C24H30ClN3O5. The number of ether oxygens (including phenoxy) is 3. The maximum atomic E-state index is 12.9. The Bertz CT molecular complexity index is 1030. The minimum absolute atomic E-state index is 0.00706. The van der Waals surface area contributed by atoms with Gasteiger partial charge in [-0.25, -0.2) is 4.79 Å². The van der Waals surface area contributed by atoms with Crippen LogP contribution in [0.4, 0.5) is 0 Å². The second kappa shape index (κ2) is 10.1. The summed E-state index contributed by atoms with van der Waals surface area (Å²) >= 11 is 5.97. The van der Waals surface area contributed by atoms with Gasteiger partial charge in [-0.15, -0.1) is 0 Å². The fourth-order valence-electron chi connectivity index (χ4n) is 4.68. The Kier molecular flexibility index (Phi) is 7.24. The number of nitrogens with zero attached hydrogens (tertiary/aromatic N) is 2. The van der Waals surface area contributed by atoms with E-state index in [0.29, 0.717) is 61.2 Å². The fourth-order valence-corrected chi connectivity index (χ4v) is 4.84. The van der Waals surface area contributed by atoms with Crippen molar-refractivity contribution in [1.82, 2.24) is 15.1 Å². The van der Waals surface area contributed by atoms with Gasteiger partial charge < -0.3 is 19.5 Å². The molecule has 0 aliphatic carbocycles. The molecule has 3 heterocycles. The summed E-state index contributed by atoms with van der Waals surface area (Å²) in [5, 5.41) is 8.35. The van der Waals surface area contributed by atoms with E-state index in [1.54, 1.807) is 22.9 Å². The Morgan fingerprint density at radius 2 is 2.12 bits per heavy atom. The highest BCUT2D eigenvalue weighted by Crippen LogP contribution is 2.37. The molecule has 178 valence electrons. The first-order valence-corrected chi connectivity index (χ1v) is 11.8. The van der Waals surface area contributed by atoms with Gasteiger partial charge >= 0.3 is 5.97 Å². The number of amides is 1. The third-order valence-electron chi connectivity index (χ3n) is 6.55. The highest BCUT2D eigenvalue weighted by atomic mass is 35.5. The largest absolute Gasteiger partial charge is 0.496 e. The van der Waals surface area contributed by atoms with E-state index < -0.39 is 5.97 Å². The number of benzene rings is 1. The third kappa shape index (κ3) is 5.01. The average Bonchev–Trinajstić information content (AvgIpc) is 3.10. The summed E-state index contributed by atoms with van der Waals surface area (Å²) in [7, 11) is 1.49. The third-order valence-corrected chi connectivity index (χ3v) is 6.79. The van der Waals surface area contributed by atoms with E-state index in [-0.39, 0.29) is 17.9 Å². The molecule has 1 aromatic heterocycles. The Morgan fingerprint density at radius 1 is 1.33 bits per heavy atom. The van der Waals surface area contributed by atoms with Gasteiger partial charge in [-0.05, 0) is 62.6 Å². The number of halogens is 1. The van der Waals surface area contributed by atoms with Gasteiger partial charge in [0.1, 0.15) is 17.0 Å². The van der Waals surface area contributed by atoms with Crippen molar-refractivity contribution < 1.29 is 23.8 Å². The lowest BCUT2D eigenvalue weighted by atomic mass is 9.75. The van der Waals surface area contributed by atoms with Gasteiger partial charge in [-0.2, -0.15) is 5.10 Å². The predicted octanol–water partition coefficient (Wildman–Crippen LogP) is 3.44. The number of carbonyl (C=O) groups excluding carboxylic acids is 2. The number of carbonyl (C=O) groups is 2. The van der Waals surface area contributed by atoms with Gasteiger partial charge in [-0.1, -0.05) is 11.6 Å². The molecule has 1 saturated heterocycles. The van der Waals surface area contributed by atoms with E-state index in [1.807, 2.05) is 6.92 Å². The summed E-state index contributed by atoms with van der Waals surface area (Å²) in [6.07, 6.45) is 3.88. The highest BCUT2D eigenvalue weighted by molar-refractivity contribution is 6.30. The number of methoxy groups -OCH3 is 1. The van der Waals surface area contributed by atoms with E-state index in [1.165, 1.54) is 7.11 Å². The van der Waals surface area contributed by atoms with Crippen molar-refractivity contribution in [3.63, 3.8) is 0 Å². The molecule has 2 aliphatic heterocycles. The van der Waals surface area contributed by atoms with Crippen molar-refractivity contribution in [2.75, 3.05) is 33.5 Å². The minimum Gasteiger partial charge on any atom is -0.496 e. The molecule has 9 heteroatoms. The van der Waals surface area contributed by atoms with Crippen molar-refractivity contribution in [3.8, 4) is 5.75 Å². The first-order chi connectivity index (χ1) is 16.0. The molecule has 0 unspecified atom stereocenters. The standard InChI is InChI=1S/C24H30ClN3O5/c1-3-28-21-18(14-24(15-26-22(21)29)8-11-32-12-9-24)19(27-28)5-4-10-33-23(30)17-7-6-16(25)13-20(17)31-2/h6-7,13H,3-5,8-12,14-15H2,1-2H3,(H,26,29). The number of esters is 1. The van der Waals surface area contributed by atoms with Gasteiger partial charge in [0.2, 0.25) is 0 Å². The summed E-state index contributed by atoms with van der Waals surface area (Å²) in [6, 6.07) is 4.81. The number of fused-ring (bicyclic) bond motifs is 1. The topological polar surface area (TPSA) is 91.7 Å². The number of aromatic nitrogens is 2. The van der Waals surface area contributed by atoms with Crippen LogP contribution >= 0.6 is 11.6 Å². The first-order valence-electron chi connectivity index (χ1n) is 11.4. The van der Waals surface area contributed by atoms with Crippen molar-refractivity contribution in [2.45, 2.75) is 45.6 Å². The van der Waals surface area contributed by atoms with Gasteiger partial charge in [0.05, 0.1) is 19.4 Å². The molecule has 0 radical (unpaired) electrons. The van der Waals surface area contributed by atoms with Crippen LogP contribution in [0.25, 0.3) is 0 Å². The maximum absolute atomic E-state index is 12.9. The zero-order chi connectivity index (χ0) is 23.4. The Morgan fingerprint density at radius 3 is 2.85 bits per heavy atom. The smallest absolute Gasteiger partial charge is 0.341 e. The van der Waals surface area contributed by atoms with Crippen LogP contribution in [0.2, 0.25) is 5.02 Å². The van der Waals surface area contributed by atoms with Crippen LogP contribution in [0.5, 0.6) is 5.75 Å². The highest BCUT2D eigenvalue weighted by Gasteiger charge is 2.39. The van der Waals surface area contributed by atoms with E-state index in [0.717, 1.165) is 30.5 Å². The second-order valence-corrected chi connectivity index (χ2v) is 9.08. The molecule has 4 rings (SSSR count). The molecule has 2 aromatic rings. The van der Waals surface area contributed by atoms with Crippen molar-refractivity contribution >= 4 is 23.5 Å². The molecule has 1 amide bonds. The number of rotatable bonds is 7. The summed E-state index contributed by atoms with van der Waals surface area (Å²) in [4.78, 5) is 25.4. The van der Waals surface area contributed by atoms with Crippen LogP contribution in [0, 0.1) is 5.41 Å². The van der Waals surface area contributed by atoms with Gasteiger partial charge in [0.15, 0.2) is 0 Å². The number of hydrogen-bond donors (Lipinski definition) is 1. The molecule has 8 nitrogen and oxygen atoms in total. The quantitative estimate of drug-likeness (QED) is 0.487. The molecule has 1 fully saturated rings. The average molecular weight is 476 g/mol. The minimum atomic E-state index is -0.457. The predicted molar refractivity (Wildman–Crippen MR) is 123 cm³/mol. The number of aryl methyl sites for hydroxylation is 2. The summed E-state index contributed by atoms with van der Waals surface area (Å²) in [5.41, 5.74) is 2.95. The number of hydrogen-bond acceptors (Lipinski definition) is 6. The molecule has 1 spiro atoms. The van der Waals surface area contributed by atoms with Crippen LogP contribution in [-0.2, 0) is 28.9 Å². The van der Waals surface area contributed by atoms with E-state index in [2.05, 4.69) is 5.32 Å². The fraction of sp³-hybridized carbons (Fsp3) is 0.542. The molecular weight excluding hydrogens is 446 g/mol. The maximum Gasteiger partial charge on any atom is 0.341 e. The summed E-state index contributed by atoms with van der Waals surface area (Å²) < 4.78 is 18.1. The molecule has 1 aromatic carbocycles. The van der Waals surface area contributed by atoms with Crippen LogP contribution in [0.3, 0.4) is 0 Å². The zero-order valence-corrected chi connectivity index (χ0v) is 19.9. The second-order valence-electron chi connectivity index (χ2n) is 8.65. The molecule has 1 N–H and O–H groups in total. The first kappa shape index (κ1) is 23.6. The molecule has 33 heavy (non-hydrogen) atoms. The van der Waals surface area contributed by atoms with Gasteiger partial charge in [0.25, 0.3) is 5.91 Å². The molecule has 2 aliphatic rings. The lowest BCUT2D eigenvalue weighted by Gasteiger charge is -2.36. The van der Waals surface area contributed by atoms with E-state index in [4.69, 9.17) is 30.9 Å². The summed E-state index contributed by atoms with van der Waals surface area (Å²) in [5.74, 6) is -0.135. The van der Waals surface area contributed by atoms with Crippen LogP contribution in [-0.4, -0.2) is 55.1 Å². The Balaban J connectivity index is 1.45. The normalized spacial score (nSPS) is 17.2. The van der Waals surface area contributed by atoms with Gasteiger partial charge in [0, 0.05) is 36.9 Å². The molecule has 0 bridgehead atoms. The Hall–Kier alpha value is -2.58. The van der Waals surface area contributed by atoms with E-state index in [9.17, 15) is 9.59 Å². The number of nitrogens with one attached hydrogen (secondary N) is 1. The molecule has 0 saturated carbocycles. The summed E-state index contributed by atoms with van der Waals surface area (Å²) in [6.45, 7) is 4.94. The monoisotopic (exact) mass is 475 g/mol. The van der Waals surface area contributed by atoms with E-state index >= 15 is 0 Å². The van der Waals surface area contributed by atoms with Crippen LogP contribution in [0.1, 0.15) is 58.3 Å². The lowest BCUT2D eigenvalue weighted by molar-refractivity contribution is 0.0160. The van der Waals surface area contributed by atoms with Crippen molar-refractivity contribution in [3.05, 3.63) is 45.7 Å². The van der Waals surface area contributed by atoms with Crippen molar-refractivity contribution in [2.24, 2.45) is 5.41 Å². The van der Waals surface area contributed by atoms with Gasteiger partial charge in [-0.3, -0.25) is 9.48 Å². The SMILES string of the molecule is CCn1nc(CCCOC(=O)c2ccc(Cl)cc2OC)c2c1C(=O)NCC1(CCOCC1)C2. The van der Waals surface area contributed by atoms with Crippen LogP contribution in [0.15, 0.2) is 18.2 Å². The molecule has 0 atom stereocenters.